The Labute approximate surface area is 111 Å². The summed E-state index contributed by atoms with van der Waals surface area (Å²) in [5, 5.41) is 0. The molecule has 0 aromatic carbocycles. The van der Waals surface area contributed by atoms with Gasteiger partial charge in [0.05, 0.1) is 0 Å². The monoisotopic (exact) mass is 370 g/mol. The first kappa shape index (κ1) is 17.4. The van der Waals surface area contributed by atoms with Crippen molar-refractivity contribution in [3.8, 4) is 0 Å². The Morgan fingerprint density at radius 3 is 2.29 bits per heavy atom. The van der Waals surface area contributed by atoms with Gasteiger partial charge in [0, 0.05) is 0 Å². The molecule has 102 valence electrons. The van der Waals surface area contributed by atoms with Gasteiger partial charge < -0.3 is 0 Å². The summed E-state index contributed by atoms with van der Waals surface area (Å²) in [4.78, 5) is 2.44. The third-order valence-corrected chi connectivity index (χ3v) is 15.3. The van der Waals surface area contributed by atoms with Crippen LogP contribution in [0.5, 0.6) is 0 Å². The Kier molecular flexibility index (Phi) is 8.76. The van der Waals surface area contributed by atoms with Crippen LogP contribution in [0.2, 0.25) is 13.8 Å². The molecule has 1 atom stereocenters. The van der Waals surface area contributed by atoms with E-state index in [4.69, 9.17) is 4.18 Å². The first-order chi connectivity index (χ1) is 7.83. The molecule has 0 aliphatic rings. The van der Waals surface area contributed by atoms with Crippen LogP contribution in [0.4, 0.5) is 0 Å². The average molecular weight is 369 g/mol. The minimum absolute atomic E-state index is 0.196. The number of hydrogen-bond acceptors (Lipinski definition) is 3. The molecule has 0 saturated carbocycles. The molecule has 0 fully saturated rings. The molecule has 0 rings (SSSR count). The van der Waals surface area contributed by atoms with E-state index in [9.17, 15) is 8.42 Å². The van der Waals surface area contributed by atoms with Crippen LogP contribution in [-0.4, -0.2) is 39.7 Å². The molecule has 1 unspecified atom stereocenters. The summed E-state index contributed by atoms with van der Waals surface area (Å²) in [6, 6.07) is 0. The second kappa shape index (κ2) is 8.53. The number of rotatable bonds is 9. The van der Waals surface area contributed by atoms with Gasteiger partial charge in [-0.3, -0.25) is 0 Å². The molecule has 0 heterocycles. The first-order valence-corrected chi connectivity index (χ1v) is 16.7. The van der Waals surface area contributed by atoms with E-state index in [2.05, 4.69) is 22.9 Å². The molecule has 0 N–H and O–H groups in total. The van der Waals surface area contributed by atoms with Crippen molar-refractivity contribution in [3.63, 3.8) is 0 Å². The van der Waals surface area contributed by atoms with Gasteiger partial charge in [0.25, 0.3) is 0 Å². The molecule has 17 heavy (non-hydrogen) atoms. The number of unbranched alkanes of at least 4 members (excludes halogenated alkanes) is 1. The molecule has 0 amide bonds. The van der Waals surface area contributed by atoms with E-state index < -0.39 is 28.5 Å². The fraction of sp³-hybridized carbons (Fsp3) is 0.833. The Hall–Kier alpha value is 0.449. The molecule has 0 aromatic heterocycles. The van der Waals surface area contributed by atoms with Crippen molar-refractivity contribution < 1.29 is 12.6 Å². The van der Waals surface area contributed by atoms with Crippen molar-refractivity contribution in [1.82, 2.24) is 0 Å². The predicted octanol–water partition coefficient (Wildman–Crippen LogP) is 3.35. The van der Waals surface area contributed by atoms with Crippen LogP contribution in [0, 0.1) is 0 Å². The van der Waals surface area contributed by atoms with Gasteiger partial charge in [-0.2, -0.15) is 0 Å². The zero-order chi connectivity index (χ0) is 13.4. The molecule has 0 radical (unpaired) electrons. The Balaban J connectivity index is 4.27. The Morgan fingerprint density at radius 2 is 1.82 bits per heavy atom. The zero-order valence-electron chi connectivity index (χ0n) is 11.5. The van der Waals surface area contributed by atoms with E-state index in [-0.39, 0.29) is 6.61 Å². The minimum atomic E-state index is -3.30. The molecular weight excluding hydrogens is 343 g/mol. The van der Waals surface area contributed by atoms with E-state index in [0.29, 0.717) is 0 Å². The molecule has 0 bridgehead atoms. The van der Waals surface area contributed by atoms with E-state index in [1.807, 2.05) is 6.08 Å². The van der Waals surface area contributed by atoms with Gasteiger partial charge >= 0.3 is 111 Å². The van der Waals surface area contributed by atoms with Gasteiger partial charge in [-0.05, 0) is 0 Å². The summed E-state index contributed by atoms with van der Waals surface area (Å²) < 4.78 is 31.4. The SMILES string of the molecule is CCC[CH2][Sn]([CH3])(/[CH]=C/COS(C)(=O)=O)[CH2]CC. The standard InChI is InChI=1S/C4H7O3S.C4H9.C3H7.CH3.Sn/c1-3-4-7-8(2,5)6;1-3-4-2;1-3-2;;/h1,3H,4H2,2H3;1,3-4H2,2H3;1,3H2,2H3;1H3;. The van der Waals surface area contributed by atoms with Crippen molar-refractivity contribution >= 4 is 28.5 Å². The fourth-order valence-electron chi connectivity index (χ4n) is 1.94. The summed E-state index contributed by atoms with van der Waals surface area (Å²) >= 11 is -2.09. The molecule has 5 heteroatoms. The van der Waals surface area contributed by atoms with Crippen molar-refractivity contribution in [1.29, 1.82) is 0 Å². The maximum atomic E-state index is 10.8. The van der Waals surface area contributed by atoms with E-state index in [0.717, 1.165) is 6.26 Å². The second-order valence-electron chi connectivity index (χ2n) is 4.90. The van der Waals surface area contributed by atoms with Gasteiger partial charge in [0.2, 0.25) is 0 Å². The number of hydrogen-bond donors (Lipinski definition) is 0. The van der Waals surface area contributed by atoms with Gasteiger partial charge in [0.1, 0.15) is 0 Å². The van der Waals surface area contributed by atoms with Gasteiger partial charge in [-0.1, -0.05) is 0 Å². The molecule has 0 spiro atoms. The van der Waals surface area contributed by atoms with Crippen LogP contribution in [-0.2, 0) is 14.3 Å². The van der Waals surface area contributed by atoms with Crippen molar-refractivity contribution in [2.24, 2.45) is 0 Å². The van der Waals surface area contributed by atoms with E-state index >= 15 is 0 Å². The Bertz CT molecular complexity index is 325. The summed E-state index contributed by atoms with van der Waals surface area (Å²) in [7, 11) is -3.30. The van der Waals surface area contributed by atoms with Gasteiger partial charge in [-0.15, -0.1) is 0 Å². The van der Waals surface area contributed by atoms with Crippen LogP contribution in [0.25, 0.3) is 0 Å². The molecule has 0 saturated heterocycles. The maximum absolute atomic E-state index is 10.8. The molecule has 0 aliphatic heterocycles. The molecule has 0 aliphatic carbocycles. The van der Waals surface area contributed by atoms with Crippen LogP contribution >= 0.6 is 0 Å². The van der Waals surface area contributed by atoms with Crippen molar-refractivity contribution in [2.45, 2.75) is 46.9 Å². The summed E-state index contributed by atoms with van der Waals surface area (Å²) in [5.41, 5.74) is 0. The van der Waals surface area contributed by atoms with Gasteiger partial charge in [0.15, 0.2) is 0 Å². The average Bonchev–Trinajstić information content (AvgIpc) is 2.21. The van der Waals surface area contributed by atoms with Crippen LogP contribution < -0.4 is 0 Å². The molecule has 0 aromatic rings. The molecule has 3 nitrogen and oxygen atoms in total. The zero-order valence-corrected chi connectivity index (χ0v) is 15.2. The van der Waals surface area contributed by atoms with E-state index in [1.165, 1.54) is 28.1 Å². The summed E-state index contributed by atoms with van der Waals surface area (Å²) in [5.74, 6) is 0. The van der Waals surface area contributed by atoms with Crippen molar-refractivity contribution in [2.75, 3.05) is 12.9 Å². The fourth-order valence-corrected chi connectivity index (χ4v) is 12.4. The third-order valence-electron chi connectivity index (χ3n) is 2.82. The third kappa shape index (κ3) is 10.1. The van der Waals surface area contributed by atoms with Crippen LogP contribution in [0.3, 0.4) is 0 Å². The first-order valence-electron chi connectivity index (χ1n) is 6.35. The summed E-state index contributed by atoms with van der Waals surface area (Å²) in [6.07, 6.45) is 6.77. The normalized spacial score (nSPS) is 16.2. The van der Waals surface area contributed by atoms with Gasteiger partial charge in [-0.25, -0.2) is 0 Å². The quantitative estimate of drug-likeness (QED) is 0.463. The Morgan fingerprint density at radius 1 is 1.18 bits per heavy atom. The second-order valence-corrected chi connectivity index (χ2v) is 19.8. The van der Waals surface area contributed by atoms with Crippen LogP contribution in [0.1, 0.15) is 33.1 Å². The van der Waals surface area contributed by atoms with Crippen LogP contribution in [0.15, 0.2) is 10.2 Å². The van der Waals surface area contributed by atoms with Crippen molar-refractivity contribution in [3.05, 3.63) is 10.2 Å². The topological polar surface area (TPSA) is 43.4 Å². The molecular formula is C12H26O3SSn. The predicted molar refractivity (Wildman–Crippen MR) is 76.4 cm³/mol. The van der Waals surface area contributed by atoms with E-state index in [1.54, 1.807) is 0 Å². The summed E-state index contributed by atoms with van der Waals surface area (Å²) in [6.45, 7) is 4.64.